The van der Waals surface area contributed by atoms with Gasteiger partial charge in [-0.25, -0.2) is 0 Å². The number of ether oxygens (including phenoxy) is 1. The first kappa shape index (κ1) is 12.6. The van der Waals surface area contributed by atoms with Gasteiger partial charge in [0.2, 0.25) is 0 Å². The number of rotatable bonds is 5. The SMILES string of the molecule is C=C(Cl)COc1ccc(Br)c(CNC)c1. The summed E-state index contributed by atoms with van der Waals surface area (Å²) in [5.41, 5.74) is 1.15. The Kier molecular flexibility index (Phi) is 5.15. The van der Waals surface area contributed by atoms with Crippen LogP contribution in [0.25, 0.3) is 0 Å². The minimum Gasteiger partial charge on any atom is -0.488 e. The fourth-order valence-electron chi connectivity index (χ4n) is 1.13. The summed E-state index contributed by atoms with van der Waals surface area (Å²) in [6, 6.07) is 5.82. The minimum atomic E-state index is 0.335. The van der Waals surface area contributed by atoms with Crippen LogP contribution in [0.5, 0.6) is 5.75 Å². The van der Waals surface area contributed by atoms with Crippen LogP contribution in [0, 0.1) is 0 Å². The maximum Gasteiger partial charge on any atom is 0.123 e. The lowest BCUT2D eigenvalue weighted by molar-refractivity contribution is 0.359. The van der Waals surface area contributed by atoms with Gasteiger partial charge < -0.3 is 10.1 Å². The molecule has 82 valence electrons. The summed E-state index contributed by atoms with van der Waals surface area (Å²) in [4.78, 5) is 0. The Hall–Kier alpha value is -0.510. The number of halogens is 2. The van der Waals surface area contributed by atoms with E-state index in [1.807, 2.05) is 25.2 Å². The maximum absolute atomic E-state index is 5.62. The van der Waals surface area contributed by atoms with Crippen molar-refractivity contribution in [2.75, 3.05) is 13.7 Å². The van der Waals surface area contributed by atoms with Crippen LogP contribution in [-0.2, 0) is 6.54 Å². The summed E-state index contributed by atoms with van der Waals surface area (Å²) >= 11 is 9.09. The number of benzene rings is 1. The molecule has 15 heavy (non-hydrogen) atoms. The van der Waals surface area contributed by atoms with Crippen LogP contribution >= 0.6 is 27.5 Å². The molecule has 1 aromatic carbocycles. The van der Waals surface area contributed by atoms with Crippen molar-refractivity contribution < 1.29 is 4.74 Å². The second-order valence-corrected chi connectivity index (χ2v) is 4.48. The Bertz CT molecular complexity index is 354. The Morgan fingerprint density at radius 3 is 2.93 bits per heavy atom. The predicted octanol–water partition coefficient (Wildman–Crippen LogP) is 3.30. The molecule has 0 spiro atoms. The first-order valence-electron chi connectivity index (χ1n) is 4.52. The van der Waals surface area contributed by atoms with Crippen molar-refractivity contribution in [3.05, 3.63) is 39.8 Å². The van der Waals surface area contributed by atoms with Gasteiger partial charge in [-0.05, 0) is 30.8 Å². The molecular weight excluding hydrogens is 277 g/mol. The third-order valence-electron chi connectivity index (χ3n) is 1.78. The van der Waals surface area contributed by atoms with Crippen molar-refractivity contribution in [1.82, 2.24) is 5.32 Å². The smallest absolute Gasteiger partial charge is 0.123 e. The molecule has 0 aromatic heterocycles. The van der Waals surface area contributed by atoms with Crippen LogP contribution in [0.15, 0.2) is 34.3 Å². The molecule has 1 rings (SSSR count). The lowest BCUT2D eigenvalue weighted by atomic mass is 10.2. The molecule has 0 atom stereocenters. The van der Waals surface area contributed by atoms with Crippen molar-refractivity contribution in [1.29, 1.82) is 0 Å². The molecule has 1 N–H and O–H groups in total. The lowest BCUT2D eigenvalue weighted by Crippen LogP contribution is -2.06. The fourth-order valence-corrected chi connectivity index (χ4v) is 1.57. The molecule has 0 radical (unpaired) electrons. The predicted molar refractivity (Wildman–Crippen MR) is 67.4 cm³/mol. The molecule has 2 nitrogen and oxygen atoms in total. The van der Waals surface area contributed by atoms with E-state index < -0.39 is 0 Å². The van der Waals surface area contributed by atoms with Crippen molar-refractivity contribution in [3.63, 3.8) is 0 Å². The standard InChI is InChI=1S/C11H13BrClNO/c1-8(13)7-15-10-3-4-11(12)9(5-10)6-14-2/h3-5,14H,1,6-7H2,2H3. The second-order valence-electron chi connectivity index (χ2n) is 3.09. The zero-order chi connectivity index (χ0) is 11.3. The van der Waals surface area contributed by atoms with Crippen LogP contribution < -0.4 is 10.1 Å². The van der Waals surface area contributed by atoms with Gasteiger partial charge >= 0.3 is 0 Å². The van der Waals surface area contributed by atoms with Crippen molar-refractivity contribution in [2.24, 2.45) is 0 Å². The highest BCUT2D eigenvalue weighted by Crippen LogP contribution is 2.22. The zero-order valence-corrected chi connectivity index (χ0v) is 10.9. The molecule has 1 aromatic rings. The molecule has 0 bridgehead atoms. The van der Waals surface area contributed by atoms with Gasteiger partial charge in [0.05, 0.1) is 0 Å². The Balaban J connectivity index is 2.73. The van der Waals surface area contributed by atoms with E-state index >= 15 is 0 Å². The summed E-state index contributed by atoms with van der Waals surface area (Å²) in [6.07, 6.45) is 0. The van der Waals surface area contributed by atoms with Crippen LogP contribution in [0.2, 0.25) is 0 Å². The van der Waals surface area contributed by atoms with Crippen molar-refractivity contribution in [3.8, 4) is 5.75 Å². The van der Waals surface area contributed by atoms with Gasteiger partial charge in [-0.2, -0.15) is 0 Å². The summed E-state index contributed by atoms with van der Waals surface area (Å²) in [5, 5.41) is 3.58. The van der Waals surface area contributed by atoms with E-state index in [1.165, 1.54) is 0 Å². The maximum atomic E-state index is 5.62. The highest BCUT2D eigenvalue weighted by Gasteiger charge is 2.01. The summed E-state index contributed by atoms with van der Waals surface area (Å²) < 4.78 is 6.49. The van der Waals surface area contributed by atoms with Gasteiger partial charge in [-0.1, -0.05) is 34.1 Å². The molecule has 0 unspecified atom stereocenters. The van der Waals surface area contributed by atoms with E-state index in [-0.39, 0.29) is 0 Å². The molecule has 0 fully saturated rings. The Labute approximate surface area is 103 Å². The molecular formula is C11H13BrClNO. The monoisotopic (exact) mass is 289 g/mol. The van der Waals surface area contributed by atoms with Crippen molar-refractivity contribution in [2.45, 2.75) is 6.54 Å². The molecule has 4 heteroatoms. The number of nitrogens with one attached hydrogen (secondary N) is 1. The van der Waals surface area contributed by atoms with Gasteiger partial charge in [-0.15, -0.1) is 0 Å². The highest BCUT2D eigenvalue weighted by atomic mass is 79.9. The molecule has 0 saturated carbocycles. The van der Waals surface area contributed by atoms with Gasteiger partial charge in [0.1, 0.15) is 12.4 Å². The fraction of sp³-hybridized carbons (Fsp3) is 0.273. The molecule has 0 amide bonds. The molecule has 0 aliphatic carbocycles. The first-order chi connectivity index (χ1) is 7.13. The van der Waals surface area contributed by atoms with Gasteiger partial charge in [0.25, 0.3) is 0 Å². The van der Waals surface area contributed by atoms with Gasteiger partial charge in [0.15, 0.2) is 0 Å². The van der Waals surface area contributed by atoms with Crippen LogP contribution in [0.3, 0.4) is 0 Å². The van der Waals surface area contributed by atoms with E-state index in [2.05, 4.69) is 27.8 Å². The van der Waals surface area contributed by atoms with Gasteiger partial charge in [-0.3, -0.25) is 0 Å². The summed E-state index contributed by atoms with van der Waals surface area (Å²) in [7, 11) is 1.90. The lowest BCUT2D eigenvalue weighted by Gasteiger charge is -2.08. The van der Waals surface area contributed by atoms with Crippen LogP contribution in [-0.4, -0.2) is 13.7 Å². The average molecular weight is 291 g/mol. The topological polar surface area (TPSA) is 21.3 Å². The van der Waals surface area contributed by atoms with Crippen LogP contribution in [0.4, 0.5) is 0 Å². The van der Waals surface area contributed by atoms with E-state index in [1.54, 1.807) is 0 Å². The zero-order valence-electron chi connectivity index (χ0n) is 8.52. The number of hydrogen-bond donors (Lipinski definition) is 1. The summed E-state index contributed by atoms with van der Waals surface area (Å²) in [5.74, 6) is 0.797. The molecule has 0 heterocycles. The summed E-state index contributed by atoms with van der Waals surface area (Å²) in [6.45, 7) is 4.69. The van der Waals surface area contributed by atoms with Crippen LogP contribution in [0.1, 0.15) is 5.56 Å². The molecule has 0 aliphatic rings. The third-order valence-corrected chi connectivity index (χ3v) is 2.66. The van der Waals surface area contributed by atoms with E-state index in [9.17, 15) is 0 Å². The van der Waals surface area contributed by atoms with E-state index in [4.69, 9.17) is 16.3 Å². The Morgan fingerprint density at radius 1 is 1.60 bits per heavy atom. The third kappa shape index (κ3) is 4.24. The average Bonchev–Trinajstić information content (AvgIpc) is 2.19. The highest BCUT2D eigenvalue weighted by molar-refractivity contribution is 9.10. The molecule has 0 aliphatic heterocycles. The minimum absolute atomic E-state index is 0.335. The number of hydrogen-bond acceptors (Lipinski definition) is 2. The van der Waals surface area contributed by atoms with Gasteiger partial charge in [0, 0.05) is 16.0 Å². The second kappa shape index (κ2) is 6.16. The first-order valence-corrected chi connectivity index (χ1v) is 5.69. The largest absolute Gasteiger partial charge is 0.488 e. The molecule has 0 saturated heterocycles. The van der Waals surface area contributed by atoms with Crippen molar-refractivity contribution >= 4 is 27.5 Å². The normalized spacial score (nSPS) is 10.1. The van der Waals surface area contributed by atoms with E-state index in [0.29, 0.717) is 11.6 Å². The quantitative estimate of drug-likeness (QED) is 0.898. The Morgan fingerprint density at radius 2 is 2.33 bits per heavy atom. The van der Waals surface area contributed by atoms with E-state index in [0.717, 1.165) is 22.3 Å².